The maximum atomic E-state index is 13.7. The van der Waals surface area contributed by atoms with Gasteiger partial charge in [0.25, 0.3) is 0 Å². The van der Waals surface area contributed by atoms with E-state index in [1.165, 1.54) is 11.3 Å². The molecule has 1 nitrogen and oxygen atoms in total. The lowest BCUT2D eigenvalue weighted by atomic mass is 9.98. The molecule has 0 fully saturated rings. The third-order valence-electron chi connectivity index (χ3n) is 2.85. The molecule has 2 aromatic rings. The molecule has 0 radical (unpaired) electrons. The van der Waals surface area contributed by atoms with E-state index in [1.54, 1.807) is 7.05 Å². The first-order valence-corrected chi connectivity index (χ1v) is 6.33. The zero-order chi connectivity index (χ0) is 13.3. The molecule has 1 heterocycles. The maximum Gasteiger partial charge on any atom is 0.161 e. The summed E-state index contributed by atoms with van der Waals surface area (Å²) in [6, 6.07) is 1.01. The van der Waals surface area contributed by atoms with E-state index >= 15 is 0 Å². The van der Waals surface area contributed by atoms with Crippen LogP contribution in [-0.2, 0) is 0 Å². The van der Waals surface area contributed by atoms with Gasteiger partial charge in [0, 0.05) is 11.6 Å². The lowest BCUT2D eigenvalue weighted by Gasteiger charge is -2.18. The summed E-state index contributed by atoms with van der Waals surface area (Å²) in [6.45, 7) is 1.90. The van der Waals surface area contributed by atoms with Gasteiger partial charge in [-0.15, -0.1) is 0 Å². The van der Waals surface area contributed by atoms with E-state index in [1.807, 2.05) is 17.7 Å². The van der Waals surface area contributed by atoms with E-state index in [4.69, 9.17) is 0 Å². The fourth-order valence-electron chi connectivity index (χ4n) is 1.90. The van der Waals surface area contributed by atoms with E-state index in [-0.39, 0.29) is 5.56 Å². The minimum atomic E-state index is -1.17. The highest BCUT2D eigenvalue weighted by molar-refractivity contribution is 7.08. The van der Waals surface area contributed by atoms with Gasteiger partial charge < -0.3 is 5.32 Å². The Bertz CT molecular complexity index is 565. The van der Waals surface area contributed by atoms with Crippen LogP contribution in [0.2, 0.25) is 0 Å². The number of benzene rings is 1. The molecule has 1 unspecified atom stereocenters. The van der Waals surface area contributed by atoms with Crippen molar-refractivity contribution >= 4 is 11.3 Å². The van der Waals surface area contributed by atoms with Gasteiger partial charge in [-0.1, -0.05) is 0 Å². The minimum absolute atomic E-state index is 0.109. The Balaban J connectivity index is 2.52. The van der Waals surface area contributed by atoms with Gasteiger partial charge in [-0.2, -0.15) is 11.3 Å². The van der Waals surface area contributed by atoms with Crippen molar-refractivity contribution in [3.8, 4) is 0 Å². The van der Waals surface area contributed by atoms with Crippen LogP contribution in [0.1, 0.15) is 22.7 Å². The predicted molar refractivity (Wildman–Crippen MR) is 66.3 cm³/mol. The predicted octanol–water partition coefficient (Wildman–Crippen LogP) is 3.78. The summed E-state index contributed by atoms with van der Waals surface area (Å²) >= 11 is 1.49. The fraction of sp³-hybridized carbons (Fsp3) is 0.231. The average molecular weight is 271 g/mol. The third kappa shape index (κ3) is 2.28. The van der Waals surface area contributed by atoms with Crippen molar-refractivity contribution in [2.45, 2.75) is 13.0 Å². The van der Waals surface area contributed by atoms with Gasteiger partial charge in [0.15, 0.2) is 11.6 Å². The summed E-state index contributed by atoms with van der Waals surface area (Å²) in [6.07, 6.45) is 0. The van der Waals surface area contributed by atoms with Crippen LogP contribution in [0, 0.1) is 24.4 Å². The number of nitrogens with one attached hydrogen (secondary N) is 1. The molecule has 0 aliphatic carbocycles. The summed E-state index contributed by atoms with van der Waals surface area (Å²) < 4.78 is 39.9. The van der Waals surface area contributed by atoms with Crippen LogP contribution in [0.5, 0.6) is 0 Å². The van der Waals surface area contributed by atoms with Crippen molar-refractivity contribution in [1.82, 2.24) is 5.32 Å². The molecule has 0 spiro atoms. The van der Waals surface area contributed by atoms with E-state index in [2.05, 4.69) is 5.32 Å². The number of hydrogen-bond acceptors (Lipinski definition) is 2. The van der Waals surface area contributed by atoms with Gasteiger partial charge in [0.05, 0.1) is 6.04 Å². The molecule has 0 saturated heterocycles. The molecule has 0 bridgehead atoms. The van der Waals surface area contributed by atoms with Gasteiger partial charge in [-0.3, -0.25) is 0 Å². The Morgan fingerprint density at radius 1 is 1.00 bits per heavy atom. The van der Waals surface area contributed by atoms with Gasteiger partial charge in [-0.25, -0.2) is 13.2 Å². The molecular weight excluding hydrogens is 259 g/mol. The monoisotopic (exact) mass is 271 g/mol. The molecule has 5 heteroatoms. The number of hydrogen-bond donors (Lipinski definition) is 1. The van der Waals surface area contributed by atoms with E-state index in [9.17, 15) is 13.2 Å². The van der Waals surface area contributed by atoms with Gasteiger partial charge >= 0.3 is 0 Å². The second kappa shape index (κ2) is 5.12. The Morgan fingerprint density at radius 3 is 2.22 bits per heavy atom. The van der Waals surface area contributed by atoms with Crippen molar-refractivity contribution in [2.75, 3.05) is 7.05 Å². The third-order valence-corrected chi connectivity index (χ3v) is 3.73. The quantitative estimate of drug-likeness (QED) is 0.838. The Hall–Kier alpha value is -1.33. The first-order valence-electron chi connectivity index (χ1n) is 5.39. The van der Waals surface area contributed by atoms with E-state index in [0.29, 0.717) is 6.07 Å². The number of thiophene rings is 1. The van der Waals surface area contributed by atoms with Gasteiger partial charge in [-0.05, 0) is 41.9 Å². The molecule has 96 valence electrons. The zero-order valence-corrected chi connectivity index (χ0v) is 10.7. The largest absolute Gasteiger partial charge is 0.309 e. The van der Waals surface area contributed by atoms with Crippen LogP contribution in [0.15, 0.2) is 22.9 Å². The standard InChI is InChI=1S/C13H12F3NS/c1-7-5-18-6-9(7)13(17-2)8-3-11(15)12(16)4-10(8)14/h3-6,13,17H,1-2H3. The SMILES string of the molecule is CNC(c1cscc1C)c1cc(F)c(F)cc1F. The zero-order valence-electron chi connectivity index (χ0n) is 9.93. The van der Waals surface area contributed by atoms with Crippen LogP contribution in [-0.4, -0.2) is 7.05 Å². The summed E-state index contributed by atoms with van der Waals surface area (Å²) in [7, 11) is 1.66. The Kier molecular flexibility index (Phi) is 3.73. The van der Waals surface area contributed by atoms with E-state index in [0.717, 1.165) is 17.2 Å². The molecule has 1 N–H and O–H groups in total. The molecule has 1 aromatic heterocycles. The van der Waals surface area contributed by atoms with Gasteiger partial charge in [0.2, 0.25) is 0 Å². The number of aryl methyl sites for hydroxylation is 1. The van der Waals surface area contributed by atoms with Crippen molar-refractivity contribution in [3.05, 3.63) is 57.0 Å². The average Bonchev–Trinajstić information content (AvgIpc) is 2.73. The first-order chi connectivity index (χ1) is 8.54. The summed E-state index contributed by atoms with van der Waals surface area (Å²) in [5.74, 6) is -2.97. The second-order valence-corrected chi connectivity index (χ2v) is 4.76. The number of rotatable bonds is 3. The highest BCUT2D eigenvalue weighted by atomic mass is 32.1. The van der Waals surface area contributed by atoms with Gasteiger partial charge in [0.1, 0.15) is 5.82 Å². The maximum absolute atomic E-state index is 13.7. The molecule has 0 aliphatic heterocycles. The molecule has 18 heavy (non-hydrogen) atoms. The second-order valence-electron chi connectivity index (χ2n) is 4.02. The van der Waals surface area contributed by atoms with Crippen molar-refractivity contribution < 1.29 is 13.2 Å². The fourth-order valence-corrected chi connectivity index (χ4v) is 2.78. The van der Waals surface area contributed by atoms with Crippen molar-refractivity contribution in [2.24, 2.45) is 0 Å². The molecule has 2 rings (SSSR count). The topological polar surface area (TPSA) is 12.0 Å². The van der Waals surface area contributed by atoms with E-state index < -0.39 is 23.5 Å². The Morgan fingerprint density at radius 2 is 1.67 bits per heavy atom. The van der Waals surface area contributed by atoms with Crippen LogP contribution in [0.4, 0.5) is 13.2 Å². The van der Waals surface area contributed by atoms with Crippen LogP contribution < -0.4 is 5.32 Å². The number of halogens is 3. The lowest BCUT2D eigenvalue weighted by Crippen LogP contribution is -2.19. The molecular formula is C13H12F3NS. The summed E-state index contributed by atoms with van der Waals surface area (Å²) in [4.78, 5) is 0. The summed E-state index contributed by atoms with van der Waals surface area (Å²) in [5.41, 5.74) is 1.97. The molecule has 0 amide bonds. The van der Waals surface area contributed by atoms with Crippen LogP contribution in [0.3, 0.4) is 0 Å². The smallest absolute Gasteiger partial charge is 0.161 e. The van der Waals surface area contributed by atoms with Crippen LogP contribution in [0.25, 0.3) is 0 Å². The minimum Gasteiger partial charge on any atom is -0.309 e. The molecule has 1 aromatic carbocycles. The normalized spacial score (nSPS) is 12.7. The van der Waals surface area contributed by atoms with Crippen molar-refractivity contribution in [3.63, 3.8) is 0 Å². The van der Waals surface area contributed by atoms with Crippen LogP contribution >= 0.6 is 11.3 Å². The molecule has 1 atom stereocenters. The lowest BCUT2D eigenvalue weighted by molar-refractivity contribution is 0.483. The molecule has 0 aliphatic rings. The molecule has 0 saturated carbocycles. The van der Waals surface area contributed by atoms with Crippen molar-refractivity contribution in [1.29, 1.82) is 0 Å². The first kappa shape index (κ1) is 13.1. The summed E-state index contributed by atoms with van der Waals surface area (Å²) in [5, 5.41) is 6.73. The highest BCUT2D eigenvalue weighted by Crippen LogP contribution is 2.29. The highest BCUT2D eigenvalue weighted by Gasteiger charge is 2.21. The Labute approximate surface area is 107 Å².